The molecule has 0 saturated carbocycles. The molecule has 4 rings (SSSR count). The van der Waals surface area contributed by atoms with Crippen molar-refractivity contribution < 1.29 is 13.2 Å². The number of hydrogen-bond acceptors (Lipinski definition) is 5. The number of pyridine rings is 1. The zero-order valence-electron chi connectivity index (χ0n) is 13.6. The predicted molar refractivity (Wildman–Crippen MR) is 90.7 cm³/mol. The zero-order valence-corrected chi connectivity index (χ0v) is 13.6. The van der Waals surface area contributed by atoms with Crippen molar-refractivity contribution in [3.05, 3.63) is 54.2 Å². The van der Waals surface area contributed by atoms with Crippen LogP contribution in [-0.2, 0) is 12.7 Å². The summed E-state index contributed by atoms with van der Waals surface area (Å²) >= 11 is 0. The van der Waals surface area contributed by atoms with Crippen LogP contribution >= 0.6 is 0 Å². The van der Waals surface area contributed by atoms with Crippen molar-refractivity contribution >= 4 is 27.9 Å². The van der Waals surface area contributed by atoms with Crippen LogP contribution < -0.4 is 5.32 Å². The van der Waals surface area contributed by atoms with Crippen molar-refractivity contribution in [2.45, 2.75) is 12.7 Å². The molecule has 0 atom stereocenters. The quantitative estimate of drug-likeness (QED) is 0.607. The van der Waals surface area contributed by atoms with E-state index in [-0.39, 0.29) is 23.5 Å². The largest absolute Gasteiger partial charge is 0.451 e. The molecule has 1 N–H and O–H groups in total. The first-order valence-electron chi connectivity index (χ1n) is 7.78. The Morgan fingerprint density at radius 1 is 1.04 bits per heavy atom. The van der Waals surface area contributed by atoms with Gasteiger partial charge in [0.2, 0.25) is 5.82 Å². The second kappa shape index (κ2) is 5.94. The van der Waals surface area contributed by atoms with Gasteiger partial charge in [0.05, 0.1) is 24.1 Å². The Hall–Kier alpha value is -3.23. The molecule has 0 aliphatic heterocycles. The fourth-order valence-electron chi connectivity index (χ4n) is 2.73. The molecule has 0 saturated heterocycles. The highest BCUT2D eigenvalue weighted by Crippen LogP contribution is 2.29. The van der Waals surface area contributed by atoms with E-state index in [2.05, 4.69) is 25.3 Å². The third-order valence-electron chi connectivity index (χ3n) is 3.94. The Morgan fingerprint density at radius 2 is 1.85 bits per heavy atom. The number of halogens is 3. The fraction of sp³-hybridized carbons (Fsp3) is 0.176. The van der Waals surface area contributed by atoms with Crippen molar-refractivity contribution in [1.29, 1.82) is 0 Å². The summed E-state index contributed by atoms with van der Waals surface area (Å²) in [5.74, 6) is -1.17. The molecule has 0 aliphatic carbocycles. The molecule has 4 aromatic rings. The molecular weight excluding hydrogens is 345 g/mol. The van der Waals surface area contributed by atoms with Gasteiger partial charge in [0.15, 0.2) is 11.5 Å². The number of rotatable bonds is 3. The first-order chi connectivity index (χ1) is 12.5. The van der Waals surface area contributed by atoms with Gasteiger partial charge < -0.3 is 9.88 Å². The second-order valence-electron chi connectivity index (χ2n) is 5.68. The van der Waals surface area contributed by atoms with Gasteiger partial charge in [0.25, 0.3) is 0 Å². The van der Waals surface area contributed by atoms with Gasteiger partial charge >= 0.3 is 6.18 Å². The molecule has 1 aromatic carbocycles. The maximum Gasteiger partial charge on any atom is 0.451 e. The van der Waals surface area contributed by atoms with Crippen LogP contribution in [0.4, 0.5) is 19.0 Å². The summed E-state index contributed by atoms with van der Waals surface area (Å²) in [6, 6.07) is 11.4. The maximum absolute atomic E-state index is 13.1. The lowest BCUT2D eigenvalue weighted by Gasteiger charge is -2.09. The van der Waals surface area contributed by atoms with Crippen LogP contribution in [0.15, 0.2) is 42.7 Å². The molecule has 3 heterocycles. The van der Waals surface area contributed by atoms with Crippen molar-refractivity contribution in [1.82, 2.24) is 24.5 Å². The molecule has 132 valence electrons. The molecule has 0 spiro atoms. The van der Waals surface area contributed by atoms with E-state index in [9.17, 15) is 13.2 Å². The SMILES string of the molecule is CNc1nc(C(F)(F)F)nc2c1ncn2Cc1ccc2ccccc2n1. The van der Waals surface area contributed by atoms with Crippen molar-refractivity contribution in [3.8, 4) is 0 Å². The summed E-state index contributed by atoms with van der Waals surface area (Å²) in [6.07, 6.45) is -3.20. The number of anilines is 1. The van der Waals surface area contributed by atoms with Crippen molar-refractivity contribution in [2.75, 3.05) is 12.4 Å². The average molecular weight is 358 g/mol. The van der Waals surface area contributed by atoms with Gasteiger partial charge in [0.1, 0.15) is 5.52 Å². The Morgan fingerprint density at radius 3 is 2.62 bits per heavy atom. The third kappa shape index (κ3) is 2.81. The molecule has 0 fully saturated rings. The molecule has 3 aromatic heterocycles. The number of hydrogen-bond donors (Lipinski definition) is 1. The van der Waals surface area contributed by atoms with E-state index in [4.69, 9.17) is 0 Å². The molecule has 0 bridgehead atoms. The monoisotopic (exact) mass is 358 g/mol. The van der Waals surface area contributed by atoms with Gasteiger partial charge in [-0.25, -0.2) is 15.0 Å². The normalized spacial score (nSPS) is 12.0. The lowest BCUT2D eigenvalue weighted by atomic mass is 10.2. The number of benzene rings is 1. The highest BCUT2D eigenvalue weighted by atomic mass is 19.4. The molecular formula is C17H13F3N6. The number of nitrogens with zero attached hydrogens (tertiary/aromatic N) is 5. The number of alkyl halides is 3. The summed E-state index contributed by atoms with van der Waals surface area (Å²) in [6.45, 7) is 0.249. The summed E-state index contributed by atoms with van der Waals surface area (Å²) in [7, 11) is 1.49. The number of nitrogens with one attached hydrogen (secondary N) is 1. The van der Waals surface area contributed by atoms with Gasteiger partial charge in [-0.05, 0) is 12.1 Å². The zero-order chi connectivity index (χ0) is 18.3. The Kier molecular flexibility index (Phi) is 3.71. The van der Waals surface area contributed by atoms with Crippen LogP contribution in [0.3, 0.4) is 0 Å². The number of para-hydroxylation sites is 1. The molecule has 0 unspecified atom stereocenters. The second-order valence-corrected chi connectivity index (χ2v) is 5.68. The summed E-state index contributed by atoms with van der Waals surface area (Å²) in [5.41, 5.74) is 1.89. The van der Waals surface area contributed by atoms with Gasteiger partial charge in [-0.3, -0.25) is 4.98 Å². The summed E-state index contributed by atoms with van der Waals surface area (Å²) < 4.78 is 40.8. The van der Waals surface area contributed by atoms with Crippen LogP contribution in [0.5, 0.6) is 0 Å². The standard InChI is InChI=1S/C17H13F3N6/c1-21-14-13-15(25-16(24-14)17(18,19)20)26(9-22-13)8-11-7-6-10-4-2-3-5-12(10)23-11/h2-7,9H,8H2,1H3,(H,21,24,25). The number of imidazole rings is 1. The lowest BCUT2D eigenvalue weighted by Crippen LogP contribution is -2.14. The molecule has 9 heteroatoms. The maximum atomic E-state index is 13.1. The van der Waals surface area contributed by atoms with Crippen LogP contribution in [0.2, 0.25) is 0 Å². The van der Waals surface area contributed by atoms with Crippen LogP contribution in [-0.4, -0.2) is 31.6 Å². The predicted octanol–water partition coefficient (Wildman–Crippen LogP) is 3.48. The van der Waals surface area contributed by atoms with E-state index in [1.807, 2.05) is 36.4 Å². The smallest absolute Gasteiger partial charge is 0.371 e. The minimum absolute atomic E-state index is 0.0348. The topological polar surface area (TPSA) is 68.5 Å². The van der Waals surface area contributed by atoms with Gasteiger partial charge in [-0.15, -0.1) is 0 Å². The summed E-state index contributed by atoms with van der Waals surface area (Å²) in [4.78, 5) is 15.9. The Balaban J connectivity index is 1.80. The van der Waals surface area contributed by atoms with Crippen molar-refractivity contribution in [3.63, 3.8) is 0 Å². The van der Waals surface area contributed by atoms with E-state index >= 15 is 0 Å². The van der Waals surface area contributed by atoms with E-state index in [0.29, 0.717) is 5.69 Å². The highest BCUT2D eigenvalue weighted by Gasteiger charge is 2.36. The van der Waals surface area contributed by atoms with E-state index < -0.39 is 12.0 Å². The fourth-order valence-corrected chi connectivity index (χ4v) is 2.73. The molecule has 6 nitrogen and oxygen atoms in total. The Labute approximate surface area is 145 Å². The van der Waals surface area contributed by atoms with E-state index in [1.54, 1.807) is 0 Å². The van der Waals surface area contributed by atoms with Crippen LogP contribution in [0, 0.1) is 0 Å². The number of fused-ring (bicyclic) bond motifs is 2. The van der Waals surface area contributed by atoms with Crippen molar-refractivity contribution in [2.24, 2.45) is 0 Å². The average Bonchev–Trinajstić information content (AvgIpc) is 3.03. The minimum atomic E-state index is -4.64. The Bertz CT molecular complexity index is 1100. The molecule has 26 heavy (non-hydrogen) atoms. The van der Waals surface area contributed by atoms with Gasteiger partial charge in [-0.1, -0.05) is 24.3 Å². The summed E-state index contributed by atoms with van der Waals surface area (Å²) in [5, 5.41) is 3.63. The number of aromatic nitrogens is 5. The van der Waals surface area contributed by atoms with Gasteiger partial charge in [0, 0.05) is 12.4 Å². The molecule has 0 radical (unpaired) electrons. The third-order valence-corrected chi connectivity index (χ3v) is 3.94. The van der Waals surface area contributed by atoms with Crippen LogP contribution in [0.1, 0.15) is 11.5 Å². The first-order valence-corrected chi connectivity index (χ1v) is 7.78. The minimum Gasteiger partial charge on any atom is -0.371 e. The first kappa shape index (κ1) is 16.2. The lowest BCUT2D eigenvalue weighted by molar-refractivity contribution is -0.144. The molecule has 0 aliphatic rings. The van der Waals surface area contributed by atoms with E-state index in [0.717, 1.165) is 10.9 Å². The van der Waals surface area contributed by atoms with Gasteiger partial charge in [-0.2, -0.15) is 13.2 Å². The van der Waals surface area contributed by atoms with E-state index in [1.165, 1.54) is 17.9 Å². The van der Waals surface area contributed by atoms with Crippen LogP contribution in [0.25, 0.3) is 22.1 Å². The highest BCUT2D eigenvalue weighted by molar-refractivity contribution is 5.83. The molecule has 0 amide bonds.